The number of rotatable bonds is 9. The molecule has 0 saturated carbocycles. The minimum absolute atomic E-state index is 0.300. The van der Waals surface area contributed by atoms with Crippen molar-refractivity contribution in [2.75, 3.05) is 0 Å². The van der Waals surface area contributed by atoms with Crippen LogP contribution in [0.5, 0.6) is 0 Å². The fraction of sp³-hybridized carbons (Fsp3) is 0.476. The SMILES string of the molecule is CC(=O)CCCC(C)C/C=C/c1ccc(/C=C/C(C)C)cc1. The largest absolute Gasteiger partial charge is 0.300 e. The van der Waals surface area contributed by atoms with Crippen LogP contribution in [0.25, 0.3) is 12.2 Å². The quantitative estimate of drug-likeness (QED) is 0.534. The van der Waals surface area contributed by atoms with E-state index in [0.717, 1.165) is 25.7 Å². The maximum Gasteiger partial charge on any atom is 0.129 e. The Hall–Kier alpha value is -1.63. The molecule has 120 valence electrons. The summed E-state index contributed by atoms with van der Waals surface area (Å²) in [5.41, 5.74) is 2.50. The molecule has 0 amide bonds. The molecular formula is C21H30O. The summed E-state index contributed by atoms with van der Waals surface area (Å²) < 4.78 is 0. The van der Waals surface area contributed by atoms with E-state index in [1.807, 2.05) is 0 Å². The van der Waals surface area contributed by atoms with Gasteiger partial charge in [0, 0.05) is 6.42 Å². The maximum absolute atomic E-state index is 10.9. The van der Waals surface area contributed by atoms with E-state index in [1.165, 1.54) is 11.1 Å². The summed E-state index contributed by atoms with van der Waals surface area (Å²) in [5.74, 6) is 1.53. The fourth-order valence-electron chi connectivity index (χ4n) is 2.28. The Bertz CT molecular complexity index is 491. The first-order valence-electron chi connectivity index (χ1n) is 8.41. The molecule has 1 rings (SSSR count). The second kappa shape index (κ2) is 10.2. The van der Waals surface area contributed by atoms with Crippen molar-refractivity contribution in [1.29, 1.82) is 0 Å². The van der Waals surface area contributed by atoms with Crippen LogP contribution in [0.1, 0.15) is 64.5 Å². The predicted octanol–water partition coefficient (Wildman–Crippen LogP) is 6.15. The van der Waals surface area contributed by atoms with Crippen molar-refractivity contribution >= 4 is 17.9 Å². The molecule has 0 spiro atoms. The zero-order chi connectivity index (χ0) is 16.4. The molecule has 1 aromatic carbocycles. The standard InChI is InChI=1S/C21H30O/c1-17(2)11-12-21-15-13-20(14-16-21)10-6-8-18(3)7-5-9-19(4)22/h6,10-18H,5,7-9H2,1-4H3/b10-6+,12-11+. The molecular weight excluding hydrogens is 268 g/mol. The summed E-state index contributed by atoms with van der Waals surface area (Å²) in [6, 6.07) is 8.65. The molecule has 1 aromatic rings. The fourth-order valence-corrected chi connectivity index (χ4v) is 2.28. The molecule has 1 unspecified atom stereocenters. The lowest BCUT2D eigenvalue weighted by Gasteiger charge is -2.07. The average molecular weight is 298 g/mol. The number of carbonyl (C=O) groups excluding carboxylic acids is 1. The van der Waals surface area contributed by atoms with Crippen LogP contribution >= 0.6 is 0 Å². The van der Waals surface area contributed by atoms with Crippen LogP contribution in [0.15, 0.2) is 36.4 Å². The van der Waals surface area contributed by atoms with E-state index in [9.17, 15) is 4.79 Å². The van der Waals surface area contributed by atoms with Gasteiger partial charge >= 0.3 is 0 Å². The third-order valence-corrected chi connectivity index (χ3v) is 3.68. The van der Waals surface area contributed by atoms with Crippen molar-refractivity contribution in [2.24, 2.45) is 11.8 Å². The first-order chi connectivity index (χ1) is 10.5. The second-order valence-corrected chi connectivity index (χ2v) is 6.61. The van der Waals surface area contributed by atoms with Gasteiger partial charge in [-0.3, -0.25) is 0 Å². The van der Waals surface area contributed by atoms with Crippen LogP contribution < -0.4 is 0 Å². The van der Waals surface area contributed by atoms with E-state index >= 15 is 0 Å². The lowest BCUT2D eigenvalue weighted by Crippen LogP contribution is -1.96. The van der Waals surface area contributed by atoms with Crippen molar-refractivity contribution in [2.45, 2.75) is 53.4 Å². The summed E-state index contributed by atoms with van der Waals surface area (Å²) in [7, 11) is 0. The molecule has 0 aliphatic rings. The molecule has 0 saturated heterocycles. The molecule has 0 aromatic heterocycles. The van der Waals surface area contributed by atoms with Gasteiger partial charge in [0.2, 0.25) is 0 Å². The Morgan fingerprint density at radius 3 is 2.18 bits per heavy atom. The lowest BCUT2D eigenvalue weighted by atomic mass is 9.99. The number of Topliss-reactive ketones (excluding diaryl/α,β-unsaturated/α-hetero) is 1. The minimum Gasteiger partial charge on any atom is -0.300 e. The summed E-state index contributed by atoms with van der Waals surface area (Å²) in [4.78, 5) is 10.9. The highest BCUT2D eigenvalue weighted by atomic mass is 16.1. The summed E-state index contributed by atoms with van der Waals surface area (Å²) in [6.45, 7) is 8.30. The van der Waals surface area contributed by atoms with Crippen LogP contribution in [0.4, 0.5) is 0 Å². The van der Waals surface area contributed by atoms with E-state index in [-0.39, 0.29) is 0 Å². The Labute approximate surface area is 136 Å². The van der Waals surface area contributed by atoms with Gasteiger partial charge in [-0.25, -0.2) is 0 Å². The van der Waals surface area contributed by atoms with Gasteiger partial charge in [-0.2, -0.15) is 0 Å². The summed E-state index contributed by atoms with van der Waals surface area (Å²) in [5, 5.41) is 0. The van der Waals surface area contributed by atoms with Gasteiger partial charge in [0.25, 0.3) is 0 Å². The molecule has 1 nitrogen and oxygen atoms in total. The molecule has 0 aliphatic heterocycles. The zero-order valence-corrected chi connectivity index (χ0v) is 14.5. The molecule has 0 N–H and O–H groups in total. The van der Waals surface area contributed by atoms with Crippen molar-refractivity contribution < 1.29 is 4.79 Å². The number of hydrogen-bond donors (Lipinski definition) is 0. The van der Waals surface area contributed by atoms with Gasteiger partial charge in [0.1, 0.15) is 5.78 Å². The predicted molar refractivity (Wildman–Crippen MR) is 97.7 cm³/mol. The number of ketones is 1. The Kier molecular flexibility index (Phi) is 8.50. The highest BCUT2D eigenvalue weighted by Gasteiger charge is 2.01. The van der Waals surface area contributed by atoms with Crippen molar-refractivity contribution in [3.8, 4) is 0 Å². The van der Waals surface area contributed by atoms with Crippen molar-refractivity contribution in [3.05, 3.63) is 47.5 Å². The number of carbonyl (C=O) groups is 1. The molecule has 0 radical (unpaired) electrons. The van der Waals surface area contributed by atoms with Crippen LogP contribution in [0, 0.1) is 11.8 Å². The first kappa shape index (κ1) is 18.4. The molecule has 0 fully saturated rings. The number of hydrogen-bond acceptors (Lipinski definition) is 1. The molecule has 0 bridgehead atoms. The van der Waals surface area contributed by atoms with Gasteiger partial charge in [0.05, 0.1) is 0 Å². The molecule has 0 aliphatic carbocycles. The zero-order valence-electron chi connectivity index (χ0n) is 14.5. The molecule has 22 heavy (non-hydrogen) atoms. The smallest absolute Gasteiger partial charge is 0.129 e. The molecule has 1 heteroatoms. The highest BCUT2D eigenvalue weighted by Crippen LogP contribution is 2.15. The van der Waals surface area contributed by atoms with E-state index < -0.39 is 0 Å². The van der Waals surface area contributed by atoms with Crippen molar-refractivity contribution in [1.82, 2.24) is 0 Å². The van der Waals surface area contributed by atoms with Crippen LogP contribution in [0.2, 0.25) is 0 Å². The van der Waals surface area contributed by atoms with Crippen molar-refractivity contribution in [3.63, 3.8) is 0 Å². The van der Waals surface area contributed by atoms with Crippen LogP contribution in [-0.2, 0) is 4.79 Å². The third kappa shape index (κ3) is 8.61. The van der Waals surface area contributed by atoms with E-state index in [0.29, 0.717) is 17.6 Å². The van der Waals surface area contributed by atoms with Gasteiger partial charge in [-0.15, -0.1) is 0 Å². The third-order valence-electron chi connectivity index (χ3n) is 3.68. The van der Waals surface area contributed by atoms with Gasteiger partial charge in [-0.1, -0.05) is 69.3 Å². The number of benzene rings is 1. The van der Waals surface area contributed by atoms with E-state index in [1.54, 1.807) is 6.92 Å². The molecule has 1 atom stereocenters. The van der Waals surface area contributed by atoms with E-state index in [2.05, 4.69) is 69.3 Å². The Balaban J connectivity index is 2.38. The Morgan fingerprint density at radius 1 is 1.05 bits per heavy atom. The highest BCUT2D eigenvalue weighted by molar-refractivity contribution is 5.75. The average Bonchev–Trinajstić information content (AvgIpc) is 2.46. The molecule has 0 heterocycles. The summed E-state index contributed by atoms with van der Waals surface area (Å²) in [6.07, 6.45) is 12.8. The topological polar surface area (TPSA) is 17.1 Å². The van der Waals surface area contributed by atoms with Gasteiger partial charge in [0.15, 0.2) is 0 Å². The first-order valence-corrected chi connectivity index (χ1v) is 8.41. The van der Waals surface area contributed by atoms with Crippen LogP contribution in [-0.4, -0.2) is 5.78 Å². The van der Waals surface area contributed by atoms with E-state index in [4.69, 9.17) is 0 Å². The number of allylic oxidation sites excluding steroid dienone is 2. The normalized spacial score (nSPS) is 13.3. The summed E-state index contributed by atoms with van der Waals surface area (Å²) >= 11 is 0. The maximum atomic E-state index is 10.9. The minimum atomic E-state index is 0.300. The van der Waals surface area contributed by atoms with Crippen LogP contribution in [0.3, 0.4) is 0 Å². The second-order valence-electron chi connectivity index (χ2n) is 6.61. The Morgan fingerprint density at radius 2 is 1.64 bits per heavy atom. The lowest BCUT2D eigenvalue weighted by molar-refractivity contribution is -0.117. The van der Waals surface area contributed by atoms with Gasteiger partial charge in [-0.05, 0) is 49.1 Å². The van der Waals surface area contributed by atoms with Gasteiger partial charge < -0.3 is 4.79 Å². The monoisotopic (exact) mass is 298 g/mol.